The molecule has 1 N–H and O–H groups in total. The summed E-state index contributed by atoms with van der Waals surface area (Å²) in [6.45, 7) is 0.870. The maximum Gasteiger partial charge on any atom is 0.0783 e. The number of ether oxygens (including phenoxy) is 1. The second-order valence-corrected chi connectivity index (χ2v) is 6.52. The lowest BCUT2D eigenvalue weighted by molar-refractivity contribution is -0.104. The van der Waals surface area contributed by atoms with E-state index in [-0.39, 0.29) is 11.7 Å². The van der Waals surface area contributed by atoms with Crippen molar-refractivity contribution in [3.05, 3.63) is 0 Å². The van der Waals surface area contributed by atoms with Crippen LogP contribution in [0.15, 0.2) is 0 Å². The van der Waals surface area contributed by atoms with E-state index in [0.29, 0.717) is 11.8 Å². The second-order valence-electron chi connectivity index (χ2n) is 5.41. The van der Waals surface area contributed by atoms with E-state index in [0.717, 1.165) is 25.2 Å². The lowest BCUT2D eigenvalue weighted by Gasteiger charge is -2.39. The van der Waals surface area contributed by atoms with Crippen molar-refractivity contribution in [3.63, 3.8) is 0 Å². The predicted molar refractivity (Wildman–Crippen MR) is 62.1 cm³/mol. The molecule has 3 fully saturated rings. The van der Waals surface area contributed by atoms with E-state index in [9.17, 15) is 5.11 Å². The fourth-order valence-electron chi connectivity index (χ4n) is 3.04. The zero-order valence-electron chi connectivity index (χ0n) is 9.15. The van der Waals surface area contributed by atoms with Crippen LogP contribution in [0.25, 0.3) is 0 Å². The molecule has 0 bridgehead atoms. The van der Waals surface area contributed by atoms with Crippen molar-refractivity contribution in [2.75, 3.05) is 18.1 Å². The van der Waals surface area contributed by atoms with Crippen LogP contribution in [0, 0.1) is 11.8 Å². The average molecular weight is 228 g/mol. The molecule has 1 aliphatic carbocycles. The zero-order chi connectivity index (χ0) is 10.3. The summed E-state index contributed by atoms with van der Waals surface area (Å²) in [4.78, 5) is 0. The molecule has 3 aliphatic rings. The Kier molecular flexibility index (Phi) is 2.74. The smallest absolute Gasteiger partial charge is 0.0783 e. The minimum absolute atomic E-state index is 0.0311. The van der Waals surface area contributed by atoms with E-state index in [1.807, 2.05) is 11.8 Å². The van der Waals surface area contributed by atoms with Gasteiger partial charge in [0.05, 0.1) is 11.7 Å². The van der Waals surface area contributed by atoms with Gasteiger partial charge in [-0.3, -0.25) is 0 Å². The monoisotopic (exact) mass is 228 g/mol. The Bertz CT molecular complexity index is 234. The number of hydrogen-bond acceptors (Lipinski definition) is 3. The highest BCUT2D eigenvalue weighted by atomic mass is 32.2. The summed E-state index contributed by atoms with van der Waals surface area (Å²) in [6, 6.07) is 0. The molecule has 1 spiro atoms. The van der Waals surface area contributed by atoms with E-state index in [1.165, 1.54) is 25.0 Å². The molecule has 86 valence electrons. The van der Waals surface area contributed by atoms with Gasteiger partial charge in [-0.25, -0.2) is 0 Å². The SMILES string of the molecule is OC(C1CC1)C1CCOC2(CCSC2)C1. The standard InChI is InChI=1S/C12H20O2S/c13-11(9-1-2-9)10-3-5-14-12(7-10)4-6-15-8-12/h9-11,13H,1-8H2. The van der Waals surface area contributed by atoms with Gasteiger partial charge in [-0.15, -0.1) is 0 Å². The molecule has 0 aromatic carbocycles. The molecular formula is C12H20O2S. The van der Waals surface area contributed by atoms with Crippen molar-refractivity contribution in [2.45, 2.75) is 43.8 Å². The highest BCUT2D eigenvalue weighted by molar-refractivity contribution is 7.99. The fraction of sp³-hybridized carbons (Fsp3) is 1.00. The molecule has 2 aliphatic heterocycles. The van der Waals surface area contributed by atoms with Gasteiger partial charge in [0.1, 0.15) is 0 Å². The average Bonchev–Trinajstić information content (AvgIpc) is 3.02. The van der Waals surface area contributed by atoms with Gasteiger partial charge in [-0.1, -0.05) is 0 Å². The molecule has 2 saturated heterocycles. The Morgan fingerprint density at radius 2 is 2.13 bits per heavy atom. The highest BCUT2D eigenvalue weighted by Crippen LogP contribution is 2.45. The van der Waals surface area contributed by atoms with Crippen LogP contribution in [0.2, 0.25) is 0 Å². The van der Waals surface area contributed by atoms with Gasteiger partial charge in [0.25, 0.3) is 0 Å². The maximum absolute atomic E-state index is 10.2. The summed E-state index contributed by atoms with van der Waals surface area (Å²) in [6.07, 6.45) is 5.85. The van der Waals surface area contributed by atoms with Crippen LogP contribution in [0.3, 0.4) is 0 Å². The second kappa shape index (κ2) is 3.94. The molecule has 1 saturated carbocycles. The number of thioether (sulfide) groups is 1. The van der Waals surface area contributed by atoms with E-state index in [2.05, 4.69) is 0 Å². The topological polar surface area (TPSA) is 29.5 Å². The summed E-state index contributed by atoms with van der Waals surface area (Å²) in [5, 5.41) is 10.2. The van der Waals surface area contributed by atoms with E-state index in [4.69, 9.17) is 4.74 Å². The van der Waals surface area contributed by atoms with Crippen LogP contribution >= 0.6 is 11.8 Å². The Morgan fingerprint density at radius 3 is 2.80 bits per heavy atom. The van der Waals surface area contributed by atoms with E-state index in [1.54, 1.807) is 0 Å². The third kappa shape index (κ3) is 2.06. The van der Waals surface area contributed by atoms with E-state index < -0.39 is 0 Å². The summed E-state index contributed by atoms with van der Waals surface area (Å²) in [5.74, 6) is 3.54. The molecule has 0 aromatic rings. The van der Waals surface area contributed by atoms with Crippen molar-refractivity contribution in [2.24, 2.45) is 11.8 Å². The molecule has 3 atom stereocenters. The minimum atomic E-state index is -0.0311. The van der Waals surface area contributed by atoms with Gasteiger partial charge in [-0.2, -0.15) is 11.8 Å². The first-order chi connectivity index (χ1) is 7.29. The van der Waals surface area contributed by atoms with Crippen LogP contribution in [0.5, 0.6) is 0 Å². The third-order valence-electron chi connectivity index (χ3n) is 4.19. The van der Waals surface area contributed by atoms with Crippen molar-refractivity contribution in [1.82, 2.24) is 0 Å². The lowest BCUT2D eigenvalue weighted by Crippen LogP contribution is -2.43. The zero-order valence-corrected chi connectivity index (χ0v) is 9.97. The minimum Gasteiger partial charge on any atom is -0.393 e. The van der Waals surface area contributed by atoms with Gasteiger partial charge < -0.3 is 9.84 Å². The van der Waals surface area contributed by atoms with Crippen LogP contribution in [0.1, 0.15) is 32.1 Å². The number of aliphatic hydroxyl groups is 1. The van der Waals surface area contributed by atoms with Crippen LogP contribution in [0.4, 0.5) is 0 Å². The van der Waals surface area contributed by atoms with Crippen molar-refractivity contribution in [3.8, 4) is 0 Å². The van der Waals surface area contributed by atoms with Gasteiger partial charge in [-0.05, 0) is 49.7 Å². The Balaban J connectivity index is 1.64. The summed E-state index contributed by atoms with van der Waals surface area (Å²) >= 11 is 2.01. The number of rotatable bonds is 2. The first-order valence-electron chi connectivity index (χ1n) is 6.19. The first-order valence-corrected chi connectivity index (χ1v) is 7.34. The summed E-state index contributed by atoms with van der Waals surface area (Å²) < 4.78 is 5.98. The van der Waals surface area contributed by atoms with Crippen molar-refractivity contribution >= 4 is 11.8 Å². The number of aliphatic hydroxyl groups excluding tert-OH is 1. The lowest BCUT2D eigenvalue weighted by atomic mass is 9.81. The highest BCUT2D eigenvalue weighted by Gasteiger charge is 2.45. The normalized spacial score (nSPS) is 43.4. The maximum atomic E-state index is 10.2. The first kappa shape index (κ1) is 10.4. The molecule has 3 unspecified atom stereocenters. The predicted octanol–water partition coefficient (Wildman–Crippen LogP) is 2.06. The largest absolute Gasteiger partial charge is 0.393 e. The van der Waals surface area contributed by atoms with Gasteiger partial charge in [0.15, 0.2) is 0 Å². The summed E-state index contributed by atoms with van der Waals surface area (Å²) in [7, 11) is 0. The molecule has 3 heteroatoms. The van der Waals surface area contributed by atoms with Gasteiger partial charge in [0.2, 0.25) is 0 Å². The molecule has 15 heavy (non-hydrogen) atoms. The van der Waals surface area contributed by atoms with Crippen molar-refractivity contribution < 1.29 is 9.84 Å². The summed E-state index contributed by atoms with van der Waals surface area (Å²) in [5.41, 5.74) is 0.142. The Labute approximate surface area is 95.8 Å². The molecule has 2 heterocycles. The van der Waals surface area contributed by atoms with Crippen molar-refractivity contribution in [1.29, 1.82) is 0 Å². The molecule has 0 radical (unpaired) electrons. The van der Waals surface area contributed by atoms with Crippen LogP contribution in [-0.2, 0) is 4.74 Å². The van der Waals surface area contributed by atoms with Crippen LogP contribution in [-0.4, -0.2) is 34.9 Å². The third-order valence-corrected chi connectivity index (χ3v) is 5.41. The number of hydrogen-bond donors (Lipinski definition) is 1. The molecule has 2 nitrogen and oxygen atoms in total. The molecular weight excluding hydrogens is 208 g/mol. The fourth-order valence-corrected chi connectivity index (χ4v) is 4.42. The molecule has 0 aromatic heterocycles. The molecule has 3 rings (SSSR count). The molecule has 0 amide bonds. The Morgan fingerprint density at radius 1 is 1.27 bits per heavy atom. The Hall–Kier alpha value is 0.270. The van der Waals surface area contributed by atoms with Crippen LogP contribution < -0.4 is 0 Å². The quantitative estimate of drug-likeness (QED) is 0.784. The van der Waals surface area contributed by atoms with E-state index >= 15 is 0 Å². The van der Waals surface area contributed by atoms with Gasteiger partial charge >= 0.3 is 0 Å². The van der Waals surface area contributed by atoms with Gasteiger partial charge in [0, 0.05) is 12.4 Å².